The van der Waals surface area contributed by atoms with Crippen molar-refractivity contribution < 1.29 is 14.3 Å². The molecule has 7 heteroatoms. The Morgan fingerprint density at radius 3 is 2.65 bits per heavy atom. The van der Waals surface area contributed by atoms with Crippen LogP contribution in [0.3, 0.4) is 0 Å². The van der Waals surface area contributed by atoms with E-state index >= 15 is 0 Å². The molecule has 0 spiro atoms. The zero-order valence-electron chi connectivity index (χ0n) is 19.2. The van der Waals surface area contributed by atoms with Crippen molar-refractivity contribution in [3.8, 4) is 17.0 Å². The van der Waals surface area contributed by atoms with Crippen molar-refractivity contribution in [3.05, 3.63) is 78.4 Å². The molecule has 0 atom stereocenters. The van der Waals surface area contributed by atoms with Crippen LogP contribution in [0.1, 0.15) is 43.0 Å². The summed E-state index contributed by atoms with van der Waals surface area (Å²) in [5.41, 5.74) is 9.95. The summed E-state index contributed by atoms with van der Waals surface area (Å²) in [5, 5.41) is 0. The molecule has 2 aromatic heterocycles. The van der Waals surface area contributed by atoms with Crippen LogP contribution in [0.2, 0.25) is 0 Å². The average Bonchev–Trinajstić information content (AvgIpc) is 3.29. The van der Waals surface area contributed by atoms with E-state index in [2.05, 4.69) is 9.38 Å². The maximum Gasteiger partial charge on any atom is 0.308 e. The number of aromatic nitrogens is 3. The van der Waals surface area contributed by atoms with Crippen LogP contribution in [0.25, 0.3) is 16.8 Å². The summed E-state index contributed by atoms with van der Waals surface area (Å²) in [4.78, 5) is 21.3. The molecule has 0 bridgehead atoms. The number of nitrogens with zero attached hydrogens (tertiary/aromatic N) is 3. The first-order valence-electron chi connectivity index (χ1n) is 11.6. The lowest BCUT2D eigenvalue weighted by Gasteiger charge is -2.26. The first kappa shape index (κ1) is 21.9. The van der Waals surface area contributed by atoms with Crippen molar-refractivity contribution in [1.29, 1.82) is 0 Å². The summed E-state index contributed by atoms with van der Waals surface area (Å²) in [5.74, 6) is 2.25. The molecule has 1 fully saturated rings. The number of nitrogen functional groups attached to an aromatic ring is 1. The van der Waals surface area contributed by atoms with Crippen molar-refractivity contribution in [2.45, 2.75) is 38.2 Å². The SMILES string of the molecule is COC(=O)[C@H]1CC[C@H](c2nc(-c3cccc(OCc4ccccc4)c3)c3c(N)nccn32)CC1. The molecule has 0 unspecified atom stereocenters. The minimum atomic E-state index is -0.118. The molecule has 4 aromatic rings. The lowest BCUT2D eigenvalue weighted by molar-refractivity contribution is -0.146. The number of anilines is 1. The maximum absolute atomic E-state index is 12.0. The van der Waals surface area contributed by atoms with Crippen molar-refractivity contribution in [2.75, 3.05) is 12.8 Å². The molecule has 7 nitrogen and oxygen atoms in total. The number of carbonyl (C=O) groups excluding carboxylic acids is 1. The Balaban J connectivity index is 1.45. The van der Waals surface area contributed by atoms with Crippen LogP contribution in [0, 0.1) is 5.92 Å². The number of hydrogen-bond donors (Lipinski definition) is 1. The summed E-state index contributed by atoms with van der Waals surface area (Å²) in [6.45, 7) is 0.493. The van der Waals surface area contributed by atoms with Crippen molar-refractivity contribution >= 4 is 17.3 Å². The zero-order valence-corrected chi connectivity index (χ0v) is 19.2. The van der Waals surface area contributed by atoms with Crippen LogP contribution in [-0.2, 0) is 16.1 Å². The Kier molecular flexibility index (Phi) is 6.16. The highest BCUT2D eigenvalue weighted by Crippen LogP contribution is 2.39. The monoisotopic (exact) mass is 456 g/mol. The summed E-state index contributed by atoms with van der Waals surface area (Å²) >= 11 is 0. The van der Waals surface area contributed by atoms with Crippen LogP contribution >= 0.6 is 0 Å². The molecule has 0 saturated heterocycles. The minimum absolute atomic E-state index is 0.0304. The molecule has 2 heterocycles. The molecule has 0 radical (unpaired) electrons. The van der Waals surface area contributed by atoms with Gasteiger partial charge < -0.3 is 15.2 Å². The van der Waals surface area contributed by atoms with Gasteiger partial charge in [-0.3, -0.25) is 9.20 Å². The largest absolute Gasteiger partial charge is 0.489 e. The second-order valence-corrected chi connectivity index (χ2v) is 8.72. The molecule has 0 aliphatic heterocycles. The summed E-state index contributed by atoms with van der Waals surface area (Å²) in [6.07, 6.45) is 6.97. The second kappa shape index (κ2) is 9.55. The van der Waals surface area contributed by atoms with Gasteiger partial charge in [0.2, 0.25) is 0 Å². The predicted octanol–water partition coefficient (Wildman–Crippen LogP) is 5.00. The highest BCUT2D eigenvalue weighted by atomic mass is 16.5. The molecule has 0 amide bonds. The Morgan fingerprint density at radius 1 is 1.09 bits per heavy atom. The van der Waals surface area contributed by atoms with Gasteiger partial charge in [0.1, 0.15) is 35.2 Å². The number of nitrogens with two attached hydrogens (primary N) is 1. The molecule has 2 aromatic carbocycles. The lowest BCUT2D eigenvalue weighted by atomic mass is 9.81. The average molecular weight is 457 g/mol. The van der Waals surface area contributed by atoms with Gasteiger partial charge in [-0.05, 0) is 43.4 Å². The van der Waals surface area contributed by atoms with Gasteiger partial charge in [0, 0.05) is 23.9 Å². The first-order chi connectivity index (χ1) is 16.6. The van der Waals surface area contributed by atoms with Gasteiger partial charge in [0.05, 0.1) is 13.0 Å². The zero-order chi connectivity index (χ0) is 23.5. The van der Waals surface area contributed by atoms with Crippen LogP contribution in [-0.4, -0.2) is 27.4 Å². The fourth-order valence-corrected chi connectivity index (χ4v) is 4.80. The number of ether oxygens (including phenoxy) is 2. The lowest BCUT2D eigenvalue weighted by Crippen LogP contribution is -2.23. The number of imidazole rings is 1. The molecule has 1 saturated carbocycles. The number of hydrogen-bond acceptors (Lipinski definition) is 6. The first-order valence-corrected chi connectivity index (χ1v) is 11.6. The van der Waals surface area contributed by atoms with Crippen molar-refractivity contribution in [2.24, 2.45) is 5.92 Å². The molecule has 2 N–H and O–H groups in total. The number of methoxy groups -OCH3 is 1. The van der Waals surface area contributed by atoms with Gasteiger partial charge >= 0.3 is 5.97 Å². The molecule has 174 valence electrons. The summed E-state index contributed by atoms with van der Waals surface area (Å²) in [7, 11) is 1.45. The van der Waals surface area contributed by atoms with Gasteiger partial charge in [-0.25, -0.2) is 9.97 Å². The topological polar surface area (TPSA) is 91.7 Å². The fourth-order valence-electron chi connectivity index (χ4n) is 4.80. The highest BCUT2D eigenvalue weighted by Gasteiger charge is 2.31. The van der Waals surface area contributed by atoms with Gasteiger partial charge in [0.25, 0.3) is 0 Å². The van der Waals surface area contributed by atoms with E-state index in [9.17, 15) is 4.79 Å². The van der Waals surface area contributed by atoms with Crippen LogP contribution < -0.4 is 10.5 Å². The molecular formula is C27H28N4O3. The Hall–Kier alpha value is -3.87. The van der Waals surface area contributed by atoms with Gasteiger partial charge in [-0.15, -0.1) is 0 Å². The van der Waals surface area contributed by atoms with E-state index in [-0.39, 0.29) is 17.8 Å². The molecule has 1 aliphatic rings. The Morgan fingerprint density at radius 2 is 1.88 bits per heavy atom. The van der Waals surface area contributed by atoms with E-state index in [0.717, 1.165) is 59.6 Å². The maximum atomic E-state index is 12.0. The summed E-state index contributed by atoms with van der Waals surface area (Å²) < 4.78 is 13.0. The minimum Gasteiger partial charge on any atom is -0.489 e. The van der Waals surface area contributed by atoms with E-state index in [1.165, 1.54) is 7.11 Å². The fraction of sp³-hybridized carbons (Fsp3) is 0.296. The van der Waals surface area contributed by atoms with Crippen LogP contribution in [0.5, 0.6) is 5.75 Å². The number of rotatable bonds is 6. The third kappa shape index (κ3) is 4.33. The standard InChI is InChI=1S/C27H28N4O3/c1-33-27(32)20-12-10-19(11-13-20)26-30-23(24-25(28)29-14-15-31(24)26)21-8-5-9-22(16-21)34-17-18-6-3-2-4-7-18/h2-9,14-16,19-20H,10-13,17H2,1H3,(H2,28,29)/t19-,20-. The molecule has 34 heavy (non-hydrogen) atoms. The molecular weight excluding hydrogens is 428 g/mol. The third-order valence-corrected chi connectivity index (χ3v) is 6.59. The number of carbonyl (C=O) groups is 1. The van der Waals surface area contributed by atoms with E-state index < -0.39 is 0 Å². The van der Waals surface area contributed by atoms with Crippen molar-refractivity contribution in [3.63, 3.8) is 0 Å². The Bertz CT molecular complexity index is 1290. The van der Waals surface area contributed by atoms with E-state index in [1.54, 1.807) is 6.20 Å². The molecule has 5 rings (SSSR count). The third-order valence-electron chi connectivity index (χ3n) is 6.59. The van der Waals surface area contributed by atoms with E-state index in [0.29, 0.717) is 12.4 Å². The summed E-state index contributed by atoms with van der Waals surface area (Å²) in [6, 6.07) is 18.0. The number of fused-ring (bicyclic) bond motifs is 1. The van der Waals surface area contributed by atoms with E-state index in [4.69, 9.17) is 20.2 Å². The second-order valence-electron chi connectivity index (χ2n) is 8.72. The van der Waals surface area contributed by atoms with Gasteiger partial charge in [-0.1, -0.05) is 42.5 Å². The predicted molar refractivity (Wildman–Crippen MR) is 130 cm³/mol. The van der Waals surface area contributed by atoms with Crippen LogP contribution in [0.15, 0.2) is 67.0 Å². The normalized spacial score (nSPS) is 18.0. The van der Waals surface area contributed by atoms with E-state index in [1.807, 2.05) is 60.8 Å². The smallest absolute Gasteiger partial charge is 0.308 e. The van der Waals surface area contributed by atoms with Gasteiger partial charge in [0.15, 0.2) is 0 Å². The van der Waals surface area contributed by atoms with Crippen molar-refractivity contribution in [1.82, 2.24) is 14.4 Å². The van der Waals surface area contributed by atoms with Gasteiger partial charge in [-0.2, -0.15) is 0 Å². The number of benzene rings is 2. The highest BCUT2D eigenvalue weighted by molar-refractivity contribution is 5.85. The molecule has 1 aliphatic carbocycles. The quantitative estimate of drug-likeness (QED) is 0.410. The number of esters is 1. The van der Waals surface area contributed by atoms with Crippen LogP contribution in [0.4, 0.5) is 5.82 Å². The Labute approximate surface area is 198 Å².